The van der Waals surface area contributed by atoms with Crippen LogP contribution in [0.1, 0.15) is 27.7 Å². The molecule has 1 amide bonds. The van der Waals surface area contributed by atoms with Crippen molar-refractivity contribution >= 4 is 11.7 Å². The average molecular weight is 195 g/mol. The molecule has 1 rings (SSSR count). The van der Waals surface area contributed by atoms with Crippen molar-refractivity contribution in [2.24, 2.45) is 5.92 Å². The monoisotopic (exact) mass is 195 g/mol. The third-order valence-corrected chi connectivity index (χ3v) is 2.35. The van der Waals surface area contributed by atoms with Crippen LogP contribution in [0.3, 0.4) is 0 Å². The van der Waals surface area contributed by atoms with E-state index >= 15 is 0 Å². The highest BCUT2D eigenvalue weighted by molar-refractivity contribution is 6.06. The van der Waals surface area contributed by atoms with Crippen LogP contribution in [-0.2, 0) is 9.59 Å². The lowest BCUT2D eigenvalue weighted by Crippen LogP contribution is -2.54. The number of amides is 1. The van der Waals surface area contributed by atoms with E-state index in [2.05, 4.69) is 13.8 Å². The van der Waals surface area contributed by atoms with Crippen molar-refractivity contribution in [2.75, 3.05) is 6.54 Å². The first-order valence-corrected chi connectivity index (χ1v) is 4.96. The zero-order chi connectivity index (χ0) is 10.9. The van der Waals surface area contributed by atoms with Crippen LogP contribution in [0.2, 0.25) is 0 Å². The molecule has 14 heavy (non-hydrogen) atoms. The Morgan fingerprint density at radius 1 is 1.57 bits per heavy atom. The maximum Gasteiger partial charge on any atom is 0.252 e. The second-order valence-electron chi connectivity index (χ2n) is 4.24. The molecule has 1 aliphatic heterocycles. The third-order valence-electron chi connectivity index (χ3n) is 2.35. The molecule has 1 heterocycles. The van der Waals surface area contributed by atoms with Crippen LogP contribution < -0.4 is 0 Å². The maximum atomic E-state index is 11.5. The summed E-state index contributed by atoms with van der Waals surface area (Å²) < 4.78 is 0. The topological polar surface area (TPSA) is 37.4 Å². The molecule has 0 aliphatic carbocycles. The highest BCUT2D eigenvalue weighted by Gasteiger charge is 2.38. The number of allylic oxidation sites excluding steroid dienone is 1. The summed E-state index contributed by atoms with van der Waals surface area (Å²) in [4.78, 5) is 24.2. The van der Waals surface area contributed by atoms with Crippen LogP contribution in [0.4, 0.5) is 0 Å². The van der Waals surface area contributed by atoms with Crippen LogP contribution >= 0.6 is 0 Å². The molecule has 1 aliphatic rings. The maximum absolute atomic E-state index is 11.5. The van der Waals surface area contributed by atoms with E-state index in [0.717, 1.165) is 6.54 Å². The van der Waals surface area contributed by atoms with Gasteiger partial charge < -0.3 is 4.90 Å². The number of β-lactam (4-membered cyclic amide) rings is 1. The van der Waals surface area contributed by atoms with Gasteiger partial charge in [0.1, 0.15) is 0 Å². The Morgan fingerprint density at radius 2 is 2.14 bits per heavy atom. The molecule has 78 valence electrons. The number of ketones is 1. The first-order chi connectivity index (χ1) is 6.43. The summed E-state index contributed by atoms with van der Waals surface area (Å²) in [5.74, 6) is 0.436. The molecular formula is C11H17NO2. The molecule has 0 bridgehead atoms. The summed E-state index contributed by atoms with van der Waals surface area (Å²) in [5.41, 5.74) is 0.651. The van der Waals surface area contributed by atoms with E-state index < -0.39 is 0 Å². The zero-order valence-electron chi connectivity index (χ0n) is 9.20. The van der Waals surface area contributed by atoms with Crippen molar-refractivity contribution in [2.45, 2.75) is 33.7 Å². The van der Waals surface area contributed by atoms with E-state index in [0.29, 0.717) is 11.5 Å². The van der Waals surface area contributed by atoms with E-state index in [4.69, 9.17) is 0 Å². The second-order valence-corrected chi connectivity index (χ2v) is 4.24. The summed E-state index contributed by atoms with van der Waals surface area (Å²) in [7, 11) is 0. The van der Waals surface area contributed by atoms with Gasteiger partial charge in [0.25, 0.3) is 5.91 Å². The molecule has 0 aromatic heterocycles. The smallest absolute Gasteiger partial charge is 0.252 e. The number of carbonyl (C=O) groups excluding carboxylic acids is 2. The van der Waals surface area contributed by atoms with Gasteiger partial charge in [-0.2, -0.15) is 0 Å². The molecule has 0 radical (unpaired) electrons. The molecular weight excluding hydrogens is 178 g/mol. The lowest BCUT2D eigenvalue weighted by atomic mass is 9.93. The SMILES string of the molecule is CC(=O)/C=C1/C(=O)N(CC(C)C)C1C. The van der Waals surface area contributed by atoms with Crippen molar-refractivity contribution < 1.29 is 9.59 Å². The van der Waals surface area contributed by atoms with Gasteiger partial charge in [-0.25, -0.2) is 0 Å². The fourth-order valence-corrected chi connectivity index (χ4v) is 1.66. The molecule has 1 unspecified atom stereocenters. The highest BCUT2D eigenvalue weighted by Crippen LogP contribution is 2.26. The van der Waals surface area contributed by atoms with Gasteiger partial charge >= 0.3 is 0 Å². The fraction of sp³-hybridized carbons (Fsp3) is 0.636. The molecule has 3 nitrogen and oxygen atoms in total. The summed E-state index contributed by atoms with van der Waals surface area (Å²) in [5, 5.41) is 0. The predicted molar refractivity (Wildman–Crippen MR) is 54.8 cm³/mol. The molecule has 1 saturated heterocycles. The first kappa shape index (κ1) is 11.0. The number of carbonyl (C=O) groups is 2. The number of nitrogens with zero attached hydrogens (tertiary/aromatic N) is 1. The minimum atomic E-state index is -0.0515. The lowest BCUT2D eigenvalue weighted by molar-refractivity contribution is -0.137. The van der Waals surface area contributed by atoms with Gasteiger partial charge in [-0.15, -0.1) is 0 Å². The Labute approximate surface area is 84.8 Å². The molecule has 3 heteroatoms. The van der Waals surface area contributed by atoms with Crippen molar-refractivity contribution in [1.29, 1.82) is 0 Å². The predicted octanol–water partition coefficient (Wildman–Crippen LogP) is 1.39. The minimum absolute atomic E-state index is 0.0152. The van der Waals surface area contributed by atoms with E-state index in [1.54, 1.807) is 4.90 Å². The Bertz CT molecular complexity index is 292. The molecule has 1 fully saturated rings. The molecule has 0 saturated carbocycles. The average Bonchev–Trinajstić information content (AvgIpc) is 2.09. The second kappa shape index (κ2) is 3.95. The summed E-state index contributed by atoms with van der Waals surface area (Å²) in [6.45, 7) is 8.35. The van der Waals surface area contributed by atoms with Crippen molar-refractivity contribution in [3.63, 3.8) is 0 Å². The molecule has 0 aromatic carbocycles. The standard InChI is InChI=1S/C11H17NO2/c1-7(2)6-12-9(4)10(11(12)14)5-8(3)13/h5,7,9H,6H2,1-4H3/b10-5+. The van der Waals surface area contributed by atoms with Crippen molar-refractivity contribution in [3.05, 3.63) is 11.6 Å². The van der Waals surface area contributed by atoms with Crippen LogP contribution in [0.5, 0.6) is 0 Å². The fourth-order valence-electron chi connectivity index (χ4n) is 1.66. The number of hydrogen-bond donors (Lipinski definition) is 0. The van der Waals surface area contributed by atoms with Crippen LogP contribution in [0.15, 0.2) is 11.6 Å². The number of rotatable bonds is 3. The van der Waals surface area contributed by atoms with Crippen LogP contribution in [-0.4, -0.2) is 29.2 Å². The zero-order valence-corrected chi connectivity index (χ0v) is 9.20. The summed E-state index contributed by atoms with van der Waals surface area (Å²) in [6, 6.07) is 0.105. The Morgan fingerprint density at radius 3 is 2.50 bits per heavy atom. The number of hydrogen-bond acceptors (Lipinski definition) is 2. The quantitative estimate of drug-likeness (QED) is 0.504. The number of likely N-dealkylation sites (tertiary alicyclic amines) is 1. The first-order valence-electron chi connectivity index (χ1n) is 4.96. The van der Waals surface area contributed by atoms with E-state index in [9.17, 15) is 9.59 Å². The van der Waals surface area contributed by atoms with E-state index in [1.807, 2.05) is 6.92 Å². The van der Waals surface area contributed by atoms with Crippen molar-refractivity contribution in [3.8, 4) is 0 Å². The van der Waals surface area contributed by atoms with Gasteiger partial charge in [-0.3, -0.25) is 9.59 Å². The largest absolute Gasteiger partial charge is 0.332 e. The van der Waals surface area contributed by atoms with Gasteiger partial charge in [0.2, 0.25) is 0 Å². The third kappa shape index (κ3) is 2.03. The Kier molecular flexibility index (Phi) is 3.09. The van der Waals surface area contributed by atoms with Gasteiger partial charge in [0.15, 0.2) is 5.78 Å². The van der Waals surface area contributed by atoms with E-state index in [-0.39, 0.29) is 17.7 Å². The summed E-state index contributed by atoms with van der Waals surface area (Å²) in [6.07, 6.45) is 1.45. The van der Waals surface area contributed by atoms with E-state index in [1.165, 1.54) is 13.0 Å². The Balaban J connectivity index is 2.66. The van der Waals surface area contributed by atoms with Gasteiger partial charge in [0.05, 0.1) is 6.04 Å². The highest BCUT2D eigenvalue weighted by atomic mass is 16.2. The van der Waals surface area contributed by atoms with Gasteiger partial charge in [0, 0.05) is 12.1 Å². The normalized spacial score (nSPS) is 24.4. The van der Waals surface area contributed by atoms with Crippen LogP contribution in [0, 0.1) is 5.92 Å². The van der Waals surface area contributed by atoms with Gasteiger partial charge in [-0.05, 0) is 25.8 Å². The van der Waals surface area contributed by atoms with Gasteiger partial charge in [-0.1, -0.05) is 13.8 Å². The Hall–Kier alpha value is -1.12. The molecule has 0 N–H and O–H groups in total. The minimum Gasteiger partial charge on any atom is -0.332 e. The molecule has 1 atom stereocenters. The lowest BCUT2D eigenvalue weighted by Gasteiger charge is -2.41. The molecule has 0 aromatic rings. The molecule has 0 spiro atoms. The van der Waals surface area contributed by atoms with Crippen LogP contribution in [0.25, 0.3) is 0 Å². The van der Waals surface area contributed by atoms with Crippen molar-refractivity contribution in [1.82, 2.24) is 4.90 Å². The summed E-state index contributed by atoms with van der Waals surface area (Å²) >= 11 is 0.